The van der Waals surface area contributed by atoms with Gasteiger partial charge in [0.1, 0.15) is 0 Å². The molecule has 1 aliphatic rings. The van der Waals surface area contributed by atoms with Crippen molar-refractivity contribution >= 4 is 6.09 Å². The molecule has 1 amide bonds. The van der Waals surface area contributed by atoms with Crippen molar-refractivity contribution in [2.45, 2.75) is 51.5 Å². The Hall–Kier alpha value is -0.770. The molecule has 0 atom stereocenters. The van der Waals surface area contributed by atoms with Crippen molar-refractivity contribution in [2.24, 2.45) is 11.7 Å². The summed E-state index contributed by atoms with van der Waals surface area (Å²) in [5, 5.41) is 2.76. The first-order valence-corrected chi connectivity index (χ1v) is 6.21. The highest BCUT2D eigenvalue weighted by Crippen LogP contribution is 2.25. The van der Waals surface area contributed by atoms with Crippen LogP contribution in [0, 0.1) is 5.92 Å². The Bertz CT molecular complexity index is 223. The third kappa shape index (κ3) is 4.84. The lowest BCUT2D eigenvalue weighted by molar-refractivity contribution is 0.129. The van der Waals surface area contributed by atoms with Gasteiger partial charge in [-0.2, -0.15) is 0 Å². The van der Waals surface area contributed by atoms with Crippen LogP contribution >= 0.6 is 0 Å². The van der Waals surface area contributed by atoms with E-state index in [1.807, 2.05) is 13.8 Å². The first-order valence-electron chi connectivity index (χ1n) is 6.21. The molecule has 0 aromatic heterocycles. The zero-order valence-electron chi connectivity index (χ0n) is 10.4. The summed E-state index contributed by atoms with van der Waals surface area (Å²) in [6.07, 6.45) is 5.24. The fourth-order valence-electron chi connectivity index (χ4n) is 1.97. The van der Waals surface area contributed by atoms with Gasteiger partial charge in [-0.15, -0.1) is 0 Å². The summed E-state index contributed by atoms with van der Waals surface area (Å²) in [6, 6.07) is 0. The maximum atomic E-state index is 11.3. The number of carbonyl (C=O) groups excluding carboxylic acids is 1. The number of nitrogens with one attached hydrogen (secondary N) is 1. The van der Waals surface area contributed by atoms with E-state index >= 15 is 0 Å². The molecule has 94 valence electrons. The highest BCUT2D eigenvalue weighted by Gasteiger charge is 2.27. The van der Waals surface area contributed by atoms with Gasteiger partial charge in [0.05, 0.1) is 6.61 Å². The van der Waals surface area contributed by atoms with Crippen LogP contribution in [-0.2, 0) is 4.74 Å². The lowest BCUT2D eigenvalue weighted by Crippen LogP contribution is -2.51. The van der Waals surface area contributed by atoms with Crippen molar-refractivity contribution in [3.8, 4) is 0 Å². The fourth-order valence-corrected chi connectivity index (χ4v) is 1.97. The van der Waals surface area contributed by atoms with Crippen LogP contribution in [0.4, 0.5) is 4.79 Å². The van der Waals surface area contributed by atoms with Crippen molar-refractivity contribution in [1.82, 2.24) is 5.32 Å². The normalized spacial score (nSPS) is 19.5. The van der Waals surface area contributed by atoms with Gasteiger partial charge in [-0.05, 0) is 18.8 Å². The molecule has 0 aromatic rings. The highest BCUT2D eigenvalue weighted by molar-refractivity contribution is 5.67. The van der Waals surface area contributed by atoms with E-state index in [-0.39, 0.29) is 11.6 Å². The number of hydrogen-bond donors (Lipinski definition) is 2. The Kier molecular flexibility index (Phi) is 5.06. The summed E-state index contributed by atoms with van der Waals surface area (Å²) in [7, 11) is 0. The molecule has 0 aromatic carbocycles. The number of amides is 1. The van der Waals surface area contributed by atoms with Crippen LogP contribution in [0.1, 0.15) is 46.0 Å². The van der Waals surface area contributed by atoms with E-state index in [1.54, 1.807) is 0 Å². The van der Waals surface area contributed by atoms with Crippen molar-refractivity contribution in [1.29, 1.82) is 0 Å². The zero-order valence-corrected chi connectivity index (χ0v) is 10.4. The fraction of sp³-hybridized carbons (Fsp3) is 0.917. The zero-order chi connectivity index (χ0) is 12.0. The summed E-state index contributed by atoms with van der Waals surface area (Å²) < 4.78 is 5.03. The number of ether oxygens (including phenoxy) is 1. The van der Waals surface area contributed by atoms with Crippen LogP contribution in [0.25, 0.3) is 0 Å². The molecule has 0 bridgehead atoms. The smallest absolute Gasteiger partial charge is 0.407 e. The Labute approximate surface area is 97.9 Å². The molecule has 0 radical (unpaired) electrons. The second-order valence-corrected chi connectivity index (χ2v) is 5.27. The van der Waals surface area contributed by atoms with Crippen LogP contribution in [0.15, 0.2) is 0 Å². The number of hydrogen-bond acceptors (Lipinski definition) is 3. The molecule has 4 nitrogen and oxygen atoms in total. The maximum Gasteiger partial charge on any atom is 0.407 e. The molecule has 0 spiro atoms. The van der Waals surface area contributed by atoms with Gasteiger partial charge in [0, 0.05) is 12.1 Å². The topological polar surface area (TPSA) is 64.3 Å². The molecule has 16 heavy (non-hydrogen) atoms. The van der Waals surface area contributed by atoms with E-state index in [2.05, 4.69) is 5.32 Å². The van der Waals surface area contributed by atoms with Crippen LogP contribution in [0.5, 0.6) is 0 Å². The van der Waals surface area contributed by atoms with Crippen LogP contribution < -0.4 is 11.1 Å². The SMILES string of the molecule is CC(C)COC(=O)NCC1(N)CCCCC1. The van der Waals surface area contributed by atoms with Crippen LogP contribution in [0.3, 0.4) is 0 Å². The molecule has 0 unspecified atom stereocenters. The molecule has 1 saturated carbocycles. The monoisotopic (exact) mass is 228 g/mol. The number of rotatable bonds is 4. The van der Waals surface area contributed by atoms with Crippen molar-refractivity contribution < 1.29 is 9.53 Å². The van der Waals surface area contributed by atoms with E-state index in [0.29, 0.717) is 19.1 Å². The van der Waals surface area contributed by atoms with Crippen LogP contribution in [0.2, 0.25) is 0 Å². The summed E-state index contributed by atoms with van der Waals surface area (Å²) in [4.78, 5) is 11.3. The molecule has 0 saturated heterocycles. The summed E-state index contributed by atoms with van der Waals surface area (Å²) >= 11 is 0. The quantitative estimate of drug-likeness (QED) is 0.773. The number of nitrogens with two attached hydrogens (primary N) is 1. The third-order valence-electron chi connectivity index (χ3n) is 2.98. The van der Waals surface area contributed by atoms with Gasteiger partial charge in [0.2, 0.25) is 0 Å². The average Bonchev–Trinajstić information content (AvgIpc) is 2.25. The second kappa shape index (κ2) is 6.09. The van der Waals surface area contributed by atoms with E-state index in [4.69, 9.17) is 10.5 Å². The van der Waals surface area contributed by atoms with Crippen molar-refractivity contribution in [2.75, 3.05) is 13.2 Å². The van der Waals surface area contributed by atoms with Crippen LogP contribution in [-0.4, -0.2) is 24.8 Å². The van der Waals surface area contributed by atoms with Gasteiger partial charge < -0.3 is 15.8 Å². The van der Waals surface area contributed by atoms with Gasteiger partial charge in [-0.25, -0.2) is 4.79 Å². The van der Waals surface area contributed by atoms with Crippen molar-refractivity contribution in [3.05, 3.63) is 0 Å². The average molecular weight is 228 g/mol. The minimum atomic E-state index is -0.343. The molecular formula is C12H24N2O2. The molecule has 0 heterocycles. The van der Waals surface area contributed by atoms with E-state index < -0.39 is 0 Å². The highest BCUT2D eigenvalue weighted by atomic mass is 16.5. The molecule has 1 aliphatic carbocycles. The Morgan fingerprint density at radius 2 is 2.00 bits per heavy atom. The summed E-state index contributed by atoms with van der Waals surface area (Å²) in [6.45, 7) is 5.02. The second-order valence-electron chi connectivity index (χ2n) is 5.27. The lowest BCUT2D eigenvalue weighted by atomic mass is 9.82. The Morgan fingerprint density at radius 3 is 2.56 bits per heavy atom. The minimum Gasteiger partial charge on any atom is -0.449 e. The Morgan fingerprint density at radius 1 is 1.38 bits per heavy atom. The number of carbonyl (C=O) groups is 1. The number of alkyl carbamates (subject to hydrolysis) is 1. The first kappa shape index (κ1) is 13.3. The van der Waals surface area contributed by atoms with Gasteiger partial charge in [-0.3, -0.25) is 0 Å². The summed E-state index contributed by atoms with van der Waals surface area (Å²) in [5.41, 5.74) is 5.98. The van der Waals surface area contributed by atoms with E-state index in [0.717, 1.165) is 12.8 Å². The maximum absolute atomic E-state index is 11.3. The molecule has 4 heteroatoms. The van der Waals surface area contributed by atoms with Crippen molar-refractivity contribution in [3.63, 3.8) is 0 Å². The Balaban J connectivity index is 2.19. The largest absolute Gasteiger partial charge is 0.449 e. The van der Waals surface area contributed by atoms with Gasteiger partial charge in [-0.1, -0.05) is 33.1 Å². The molecule has 1 rings (SSSR count). The first-order chi connectivity index (χ1) is 7.52. The van der Waals surface area contributed by atoms with Gasteiger partial charge in [0.15, 0.2) is 0 Å². The molecule has 0 aliphatic heterocycles. The molecule has 3 N–H and O–H groups in total. The summed E-state index contributed by atoms with van der Waals surface area (Å²) in [5.74, 6) is 0.368. The minimum absolute atomic E-state index is 0.213. The molecule has 1 fully saturated rings. The lowest BCUT2D eigenvalue weighted by Gasteiger charge is -2.33. The third-order valence-corrected chi connectivity index (χ3v) is 2.98. The standard InChI is InChI=1S/C12H24N2O2/c1-10(2)8-16-11(15)14-9-12(13)6-4-3-5-7-12/h10H,3-9,13H2,1-2H3,(H,14,15). The van der Waals surface area contributed by atoms with Gasteiger partial charge in [0.25, 0.3) is 0 Å². The molecular weight excluding hydrogens is 204 g/mol. The predicted molar refractivity (Wildman–Crippen MR) is 64.2 cm³/mol. The predicted octanol–water partition coefficient (Wildman–Crippen LogP) is 2.03. The van der Waals surface area contributed by atoms with E-state index in [9.17, 15) is 4.79 Å². The van der Waals surface area contributed by atoms with E-state index in [1.165, 1.54) is 19.3 Å². The van der Waals surface area contributed by atoms with Gasteiger partial charge >= 0.3 is 6.09 Å².